The maximum Gasteiger partial charge on any atom is 0.226 e. The molecule has 2 aromatic rings. The number of aromatic nitrogens is 2. The zero-order valence-corrected chi connectivity index (χ0v) is 16.6. The van der Waals surface area contributed by atoms with Crippen LogP contribution in [0, 0.1) is 0 Å². The number of aryl methyl sites for hydroxylation is 1. The third kappa shape index (κ3) is 5.21. The van der Waals surface area contributed by atoms with Gasteiger partial charge in [0.25, 0.3) is 0 Å². The second-order valence-corrected chi connectivity index (χ2v) is 7.68. The highest BCUT2D eigenvalue weighted by Crippen LogP contribution is 2.26. The normalized spacial score (nSPS) is 23.7. The first-order chi connectivity index (χ1) is 12.7. The number of fused-ring (bicyclic) bond motifs is 2. The van der Waals surface area contributed by atoms with Crippen molar-refractivity contribution in [2.24, 2.45) is 0 Å². The van der Waals surface area contributed by atoms with Gasteiger partial charge in [-0.1, -0.05) is 16.8 Å². The van der Waals surface area contributed by atoms with Gasteiger partial charge < -0.3 is 15.2 Å². The Morgan fingerprint density at radius 2 is 1.93 bits per heavy atom. The SMILES string of the molecule is Cl.O=C(CCCc1nc(-c2ccc(Cl)cc2)no1)NC1CC2CCC(C1)N2. The van der Waals surface area contributed by atoms with E-state index in [1.807, 2.05) is 12.1 Å². The zero-order valence-electron chi connectivity index (χ0n) is 15.0. The minimum absolute atomic E-state index is 0. The number of halogens is 2. The lowest BCUT2D eigenvalue weighted by Gasteiger charge is -2.29. The molecule has 0 radical (unpaired) electrons. The number of hydrogen-bond donors (Lipinski definition) is 2. The van der Waals surface area contributed by atoms with E-state index in [-0.39, 0.29) is 18.3 Å². The first-order valence-electron chi connectivity index (χ1n) is 9.29. The van der Waals surface area contributed by atoms with Crippen molar-refractivity contribution in [3.05, 3.63) is 35.2 Å². The van der Waals surface area contributed by atoms with Crippen LogP contribution in [0.5, 0.6) is 0 Å². The summed E-state index contributed by atoms with van der Waals surface area (Å²) in [7, 11) is 0. The van der Waals surface area contributed by atoms with Crippen LogP contribution in [-0.2, 0) is 11.2 Å². The minimum atomic E-state index is 0. The number of hydrogen-bond acceptors (Lipinski definition) is 5. The number of piperidine rings is 1. The van der Waals surface area contributed by atoms with E-state index in [1.54, 1.807) is 12.1 Å². The van der Waals surface area contributed by atoms with Crippen LogP contribution in [0.4, 0.5) is 0 Å². The molecular weight excluding hydrogens is 387 g/mol. The van der Waals surface area contributed by atoms with E-state index in [9.17, 15) is 4.79 Å². The van der Waals surface area contributed by atoms with Crippen molar-refractivity contribution >= 4 is 29.9 Å². The lowest BCUT2D eigenvalue weighted by atomic mass is 9.99. The maximum atomic E-state index is 12.2. The number of nitrogens with zero attached hydrogens (tertiary/aromatic N) is 2. The number of nitrogens with one attached hydrogen (secondary N) is 2. The number of carbonyl (C=O) groups is 1. The number of carbonyl (C=O) groups excluding carboxylic acids is 1. The van der Waals surface area contributed by atoms with Crippen molar-refractivity contribution in [2.75, 3.05) is 0 Å². The van der Waals surface area contributed by atoms with E-state index in [0.29, 0.717) is 54.1 Å². The molecule has 8 heteroatoms. The van der Waals surface area contributed by atoms with E-state index in [0.717, 1.165) is 18.4 Å². The smallest absolute Gasteiger partial charge is 0.226 e. The summed E-state index contributed by atoms with van der Waals surface area (Å²) in [5.41, 5.74) is 0.864. The van der Waals surface area contributed by atoms with Crippen molar-refractivity contribution in [3.63, 3.8) is 0 Å². The Morgan fingerprint density at radius 3 is 2.63 bits per heavy atom. The van der Waals surface area contributed by atoms with Gasteiger partial charge in [-0.05, 0) is 56.4 Å². The molecule has 1 aromatic carbocycles. The molecule has 4 rings (SSSR count). The Kier molecular flexibility index (Phi) is 6.73. The van der Waals surface area contributed by atoms with Crippen LogP contribution in [0.1, 0.15) is 44.4 Å². The molecule has 0 aliphatic carbocycles. The third-order valence-corrected chi connectivity index (χ3v) is 5.46. The van der Waals surface area contributed by atoms with Crippen LogP contribution in [0.3, 0.4) is 0 Å². The first-order valence-corrected chi connectivity index (χ1v) is 9.67. The molecule has 2 saturated heterocycles. The predicted molar refractivity (Wildman–Crippen MR) is 106 cm³/mol. The van der Waals surface area contributed by atoms with Gasteiger partial charge in [0.05, 0.1) is 0 Å². The van der Waals surface area contributed by atoms with Gasteiger partial charge in [-0.15, -0.1) is 12.4 Å². The lowest BCUT2D eigenvalue weighted by molar-refractivity contribution is -0.122. The average Bonchev–Trinajstić information content (AvgIpc) is 3.22. The maximum absolute atomic E-state index is 12.2. The van der Waals surface area contributed by atoms with Crippen LogP contribution in [0.2, 0.25) is 5.02 Å². The second kappa shape index (κ2) is 9.04. The summed E-state index contributed by atoms with van der Waals surface area (Å²) in [6.07, 6.45) is 6.37. The Balaban J connectivity index is 0.00000210. The molecule has 146 valence electrons. The fourth-order valence-electron chi connectivity index (χ4n) is 3.95. The second-order valence-electron chi connectivity index (χ2n) is 7.25. The molecule has 27 heavy (non-hydrogen) atoms. The van der Waals surface area contributed by atoms with E-state index in [4.69, 9.17) is 16.1 Å². The molecule has 1 aromatic heterocycles. The van der Waals surface area contributed by atoms with Crippen molar-refractivity contribution in [1.29, 1.82) is 0 Å². The van der Waals surface area contributed by atoms with E-state index in [2.05, 4.69) is 20.8 Å². The van der Waals surface area contributed by atoms with Crippen LogP contribution in [-0.4, -0.2) is 34.2 Å². The standard InChI is InChI=1S/C19H23ClN4O2.ClH/c20-13-6-4-12(5-7-13)19-23-18(26-24-19)3-1-2-17(25)22-16-10-14-8-9-15(11-16)21-14;/h4-7,14-16,21H,1-3,8-11H2,(H,22,25);1H. The molecule has 2 fully saturated rings. The zero-order chi connectivity index (χ0) is 17.9. The molecule has 1 amide bonds. The molecule has 2 N–H and O–H groups in total. The van der Waals surface area contributed by atoms with Crippen molar-refractivity contribution in [3.8, 4) is 11.4 Å². The van der Waals surface area contributed by atoms with Gasteiger partial charge in [-0.2, -0.15) is 4.98 Å². The molecule has 6 nitrogen and oxygen atoms in total. The van der Waals surface area contributed by atoms with Gasteiger partial charge in [-0.3, -0.25) is 4.79 Å². The summed E-state index contributed by atoms with van der Waals surface area (Å²) in [4.78, 5) is 16.6. The summed E-state index contributed by atoms with van der Waals surface area (Å²) in [6, 6.07) is 8.80. The Labute approximate surface area is 169 Å². The predicted octanol–water partition coefficient (Wildman–Crippen LogP) is 3.53. The molecule has 2 atom stereocenters. The highest BCUT2D eigenvalue weighted by Gasteiger charge is 2.33. The van der Waals surface area contributed by atoms with E-state index in [1.165, 1.54) is 12.8 Å². The molecule has 0 saturated carbocycles. The van der Waals surface area contributed by atoms with Crippen molar-refractivity contribution in [1.82, 2.24) is 20.8 Å². The fraction of sp³-hybridized carbons (Fsp3) is 0.526. The highest BCUT2D eigenvalue weighted by atomic mass is 35.5. The number of amides is 1. The molecule has 2 aliphatic rings. The molecule has 0 spiro atoms. The molecular formula is C19H24Cl2N4O2. The summed E-state index contributed by atoms with van der Waals surface area (Å²) < 4.78 is 5.28. The monoisotopic (exact) mass is 410 g/mol. The largest absolute Gasteiger partial charge is 0.353 e. The van der Waals surface area contributed by atoms with E-state index >= 15 is 0 Å². The summed E-state index contributed by atoms with van der Waals surface area (Å²) in [5, 5.41) is 11.4. The summed E-state index contributed by atoms with van der Waals surface area (Å²) >= 11 is 5.89. The molecule has 2 unspecified atom stereocenters. The van der Waals surface area contributed by atoms with Gasteiger partial charge in [-0.25, -0.2) is 0 Å². The van der Waals surface area contributed by atoms with Gasteiger partial charge in [0.1, 0.15) is 0 Å². The Morgan fingerprint density at radius 1 is 1.22 bits per heavy atom. The lowest BCUT2D eigenvalue weighted by Crippen LogP contribution is -2.48. The van der Waals surface area contributed by atoms with E-state index < -0.39 is 0 Å². The average molecular weight is 411 g/mol. The summed E-state index contributed by atoms with van der Waals surface area (Å²) in [5.74, 6) is 1.22. The minimum Gasteiger partial charge on any atom is -0.353 e. The number of rotatable bonds is 6. The van der Waals surface area contributed by atoms with Crippen molar-refractivity contribution < 1.29 is 9.32 Å². The highest BCUT2D eigenvalue weighted by molar-refractivity contribution is 6.30. The summed E-state index contributed by atoms with van der Waals surface area (Å²) in [6.45, 7) is 0. The Bertz CT molecular complexity index is 753. The van der Waals surface area contributed by atoms with Crippen LogP contribution >= 0.6 is 24.0 Å². The Hall–Kier alpha value is -1.63. The van der Waals surface area contributed by atoms with Crippen LogP contribution < -0.4 is 10.6 Å². The van der Waals surface area contributed by atoms with Gasteiger partial charge in [0.2, 0.25) is 17.6 Å². The quantitative estimate of drug-likeness (QED) is 0.760. The number of benzene rings is 1. The molecule has 2 aliphatic heterocycles. The molecule has 3 heterocycles. The van der Waals surface area contributed by atoms with Gasteiger partial charge >= 0.3 is 0 Å². The topological polar surface area (TPSA) is 80.0 Å². The van der Waals surface area contributed by atoms with Crippen LogP contribution in [0.25, 0.3) is 11.4 Å². The fourth-order valence-corrected chi connectivity index (χ4v) is 4.07. The third-order valence-electron chi connectivity index (χ3n) is 5.20. The van der Waals surface area contributed by atoms with Crippen LogP contribution in [0.15, 0.2) is 28.8 Å². The van der Waals surface area contributed by atoms with Gasteiger partial charge in [0, 0.05) is 41.6 Å². The van der Waals surface area contributed by atoms with Gasteiger partial charge in [0.15, 0.2) is 0 Å². The first kappa shape index (κ1) is 20.1. The molecule has 2 bridgehead atoms. The van der Waals surface area contributed by atoms with Crippen molar-refractivity contribution in [2.45, 2.75) is 63.1 Å².